The number of nitrogens with two attached hydrogens (primary N) is 1. The number of rotatable bonds is 3. The van der Waals surface area contributed by atoms with E-state index in [0.717, 1.165) is 50.2 Å². The van der Waals surface area contributed by atoms with E-state index in [2.05, 4.69) is 17.9 Å². The second-order valence-electron chi connectivity index (χ2n) is 6.35. The molecule has 0 aromatic heterocycles. The van der Waals surface area contributed by atoms with E-state index in [-0.39, 0.29) is 5.41 Å². The lowest BCUT2D eigenvalue weighted by atomic mass is 9.60. The molecule has 1 fully saturated rings. The van der Waals surface area contributed by atoms with Gasteiger partial charge in [0.05, 0.1) is 12.2 Å². The Bertz CT molecular complexity index is 497. The van der Waals surface area contributed by atoms with Crippen molar-refractivity contribution in [1.82, 2.24) is 4.90 Å². The van der Waals surface area contributed by atoms with E-state index in [4.69, 9.17) is 10.5 Å². The van der Waals surface area contributed by atoms with E-state index in [1.54, 1.807) is 0 Å². The Labute approximate surface area is 126 Å². The van der Waals surface area contributed by atoms with Gasteiger partial charge >= 0.3 is 0 Å². The Hall–Kier alpha value is -1.10. The van der Waals surface area contributed by atoms with Gasteiger partial charge in [0.2, 0.25) is 0 Å². The Morgan fingerprint density at radius 1 is 1.24 bits per heavy atom. The van der Waals surface area contributed by atoms with Gasteiger partial charge in [-0.1, -0.05) is 25.1 Å². The van der Waals surface area contributed by atoms with Crippen LogP contribution in [-0.2, 0) is 5.41 Å². The van der Waals surface area contributed by atoms with Gasteiger partial charge in [0, 0.05) is 30.6 Å². The molecule has 1 atom stereocenters. The predicted molar refractivity (Wildman–Crippen MR) is 83.6 cm³/mol. The highest BCUT2D eigenvalue weighted by Crippen LogP contribution is 2.49. The minimum atomic E-state index is -0.729. The summed E-state index contributed by atoms with van der Waals surface area (Å²) >= 11 is 0. The molecule has 0 radical (unpaired) electrons. The summed E-state index contributed by atoms with van der Waals surface area (Å²) in [5.74, 6) is 0.889. The summed E-state index contributed by atoms with van der Waals surface area (Å²) in [6, 6.07) is 8.06. The number of nitrogens with zero attached hydrogens (tertiary/aromatic N) is 1. The van der Waals surface area contributed by atoms with Crippen LogP contribution >= 0.6 is 0 Å². The lowest BCUT2D eigenvalue weighted by Gasteiger charge is -2.52. The van der Waals surface area contributed by atoms with Crippen molar-refractivity contribution in [3.63, 3.8) is 0 Å². The van der Waals surface area contributed by atoms with Crippen LogP contribution in [0.2, 0.25) is 0 Å². The summed E-state index contributed by atoms with van der Waals surface area (Å²) in [7, 11) is 0. The normalized spacial score (nSPS) is 28.7. The molecule has 1 aromatic carbocycles. The van der Waals surface area contributed by atoms with Gasteiger partial charge in [0.15, 0.2) is 0 Å². The van der Waals surface area contributed by atoms with Crippen molar-refractivity contribution in [3.8, 4) is 5.75 Å². The van der Waals surface area contributed by atoms with Crippen LogP contribution in [0.15, 0.2) is 24.3 Å². The number of piperidine rings is 1. The molecule has 3 N–H and O–H groups in total. The van der Waals surface area contributed by atoms with Gasteiger partial charge in [0.25, 0.3) is 0 Å². The fourth-order valence-electron chi connectivity index (χ4n) is 4.06. The van der Waals surface area contributed by atoms with Gasteiger partial charge in [-0.2, -0.15) is 0 Å². The number of fused-ring (bicyclic) bond motifs is 1. The summed E-state index contributed by atoms with van der Waals surface area (Å²) in [5, 5.41) is 11.4. The molecule has 4 nitrogen and oxygen atoms in total. The SMILES string of the molecule is CCN1CCC(O)(C2(CN)CCOc3ccccc32)CC1. The first-order chi connectivity index (χ1) is 10.1. The molecule has 3 rings (SSSR count). The fourth-order valence-corrected chi connectivity index (χ4v) is 4.06. The molecule has 1 unspecified atom stereocenters. The van der Waals surface area contributed by atoms with Crippen molar-refractivity contribution < 1.29 is 9.84 Å². The van der Waals surface area contributed by atoms with E-state index in [0.29, 0.717) is 13.2 Å². The van der Waals surface area contributed by atoms with Crippen molar-refractivity contribution in [3.05, 3.63) is 29.8 Å². The van der Waals surface area contributed by atoms with E-state index >= 15 is 0 Å². The Kier molecular flexibility index (Phi) is 3.95. The predicted octanol–water partition coefficient (Wildman–Crippen LogP) is 1.51. The molecule has 2 aliphatic heterocycles. The molecular formula is C17H26N2O2. The second kappa shape index (κ2) is 5.59. The van der Waals surface area contributed by atoms with Crippen LogP contribution in [-0.4, -0.2) is 48.4 Å². The monoisotopic (exact) mass is 290 g/mol. The topological polar surface area (TPSA) is 58.7 Å². The van der Waals surface area contributed by atoms with Crippen molar-refractivity contribution >= 4 is 0 Å². The van der Waals surface area contributed by atoms with Crippen LogP contribution in [0.4, 0.5) is 0 Å². The van der Waals surface area contributed by atoms with Crippen molar-refractivity contribution in [2.45, 2.75) is 37.2 Å². The average molecular weight is 290 g/mol. The molecule has 2 aliphatic rings. The smallest absolute Gasteiger partial charge is 0.123 e. The number of benzene rings is 1. The molecule has 1 aromatic rings. The zero-order valence-corrected chi connectivity index (χ0v) is 12.8. The first kappa shape index (κ1) is 14.8. The quantitative estimate of drug-likeness (QED) is 0.886. The minimum absolute atomic E-state index is 0.373. The van der Waals surface area contributed by atoms with Gasteiger partial charge < -0.3 is 20.5 Å². The first-order valence-corrected chi connectivity index (χ1v) is 8.02. The van der Waals surface area contributed by atoms with Crippen LogP contribution in [0, 0.1) is 0 Å². The standard InChI is InChI=1S/C17H26N2O2/c1-2-19-10-7-17(20,8-11-19)16(13-18)9-12-21-15-6-4-3-5-14(15)16/h3-6,20H,2,7-13,18H2,1H3. The molecule has 0 aliphatic carbocycles. The van der Waals surface area contributed by atoms with Gasteiger partial charge in [-0.05, 0) is 31.9 Å². The number of hydrogen-bond acceptors (Lipinski definition) is 4. The number of hydrogen-bond donors (Lipinski definition) is 2. The van der Waals surface area contributed by atoms with Crippen LogP contribution < -0.4 is 10.5 Å². The molecule has 0 amide bonds. The Balaban J connectivity index is 1.98. The van der Waals surface area contributed by atoms with E-state index < -0.39 is 5.60 Å². The summed E-state index contributed by atoms with van der Waals surface area (Å²) < 4.78 is 5.78. The van der Waals surface area contributed by atoms with E-state index in [9.17, 15) is 5.11 Å². The van der Waals surface area contributed by atoms with Crippen LogP contribution in [0.25, 0.3) is 0 Å². The first-order valence-electron chi connectivity index (χ1n) is 8.02. The number of para-hydroxylation sites is 1. The molecule has 0 spiro atoms. The number of ether oxygens (including phenoxy) is 1. The molecule has 21 heavy (non-hydrogen) atoms. The van der Waals surface area contributed by atoms with Crippen LogP contribution in [0.5, 0.6) is 5.75 Å². The van der Waals surface area contributed by atoms with Gasteiger partial charge in [-0.3, -0.25) is 0 Å². The third-order valence-corrected chi connectivity index (χ3v) is 5.56. The van der Waals surface area contributed by atoms with Crippen molar-refractivity contribution in [1.29, 1.82) is 0 Å². The Morgan fingerprint density at radius 3 is 2.62 bits per heavy atom. The van der Waals surface area contributed by atoms with Gasteiger partial charge in [0.1, 0.15) is 5.75 Å². The molecule has 2 heterocycles. The highest BCUT2D eigenvalue weighted by Gasteiger charge is 2.53. The summed E-state index contributed by atoms with van der Waals surface area (Å²) in [6.45, 7) is 6.21. The largest absolute Gasteiger partial charge is 0.493 e. The van der Waals surface area contributed by atoms with Crippen molar-refractivity contribution in [2.75, 3.05) is 32.8 Å². The molecule has 0 saturated carbocycles. The van der Waals surface area contributed by atoms with Crippen LogP contribution in [0.3, 0.4) is 0 Å². The van der Waals surface area contributed by atoms with Crippen LogP contribution in [0.1, 0.15) is 31.7 Å². The second-order valence-corrected chi connectivity index (χ2v) is 6.35. The highest BCUT2D eigenvalue weighted by atomic mass is 16.5. The van der Waals surface area contributed by atoms with E-state index in [1.807, 2.05) is 18.2 Å². The lowest BCUT2D eigenvalue weighted by molar-refractivity contribution is -0.0923. The zero-order valence-electron chi connectivity index (χ0n) is 12.8. The fraction of sp³-hybridized carbons (Fsp3) is 0.647. The van der Waals surface area contributed by atoms with E-state index in [1.165, 1.54) is 0 Å². The zero-order chi connectivity index (χ0) is 14.9. The number of likely N-dealkylation sites (tertiary alicyclic amines) is 1. The molecular weight excluding hydrogens is 264 g/mol. The maximum atomic E-state index is 11.4. The average Bonchev–Trinajstić information content (AvgIpc) is 2.55. The minimum Gasteiger partial charge on any atom is -0.493 e. The molecule has 0 bridgehead atoms. The lowest BCUT2D eigenvalue weighted by Crippen LogP contribution is -2.61. The van der Waals surface area contributed by atoms with Crippen molar-refractivity contribution in [2.24, 2.45) is 5.73 Å². The molecule has 4 heteroatoms. The molecule has 1 saturated heterocycles. The summed E-state index contributed by atoms with van der Waals surface area (Å²) in [5.41, 5.74) is 6.19. The molecule has 116 valence electrons. The maximum Gasteiger partial charge on any atom is 0.123 e. The Morgan fingerprint density at radius 2 is 1.95 bits per heavy atom. The van der Waals surface area contributed by atoms with Gasteiger partial charge in [-0.15, -0.1) is 0 Å². The number of aliphatic hydroxyl groups is 1. The maximum absolute atomic E-state index is 11.4. The summed E-state index contributed by atoms with van der Waals surface area (Å²) in [4.78, 5) is 2.39. The third-order valence-electron chi connectivity index (χ3n) is 5.56. The highest BCUT2D eigenvalue weighted by molar-refractivity contribution is 5.44. The third kappa shape index (κ3) is 2.26. The van der Waals surface area contributed by atoms with Gasteiger partial charge in [-0.25, -0.2) is 0 Å². The summed E-state index contributed by atoms with van der Waals surface area (Å²) in [6.07, 6.45) is 2.36.